The van der Waals surface area contributed by atoms with Crippen LogP contribution in [0.2, 0.25) is 0 Å². The summed E-state index contributed by atoms with van der Waals surface area (Å²) in [7, 11) is 0. The molecule has 96 valence electrons. The quantitative estimate of drug-likeness (QED) is 0.721. The zero-order chi connectivity index (χ0) is 12.3. The summed E-state index contributed by atoms with van der Waals surface area (Å²) < 4.78 is 2.13. The summed E-state index contributed by atoms with van der Waals surface area (Å²) in [6.45, 7) is 4.45. The molecule has 17 heavy (non-hydrogen) atoms. The fourth-order valence-electron chi connectivity index (χ4n) is 2.84. The van der Waals surface area contributed by atoms with Crippen LogP contribution in [0.5, 0.6) is 0 Å². The minimum Gasteiger partial charge on any atom is -0.269 e. The van der Waals surface area contributed by atoms with Crippen LogP contribution in [0.25, 0.3) is 0 Å². The Morgan fingerprint density at radius 2 is 2.18 bits per heavy atom. The molecule has 1 aliphatic rings. The Bertz CT molecular complexity index is 344. The van der Waals surface area contributed by atoms with Gasteiger partial charge in [0.25, 0.3) is 0 Å². The summed E-state index contributed by atoms with van der Waals surface area (Å²) in [5.74, 6) is 0.640. The minimum absolute atomic E-state index is 0.369. The Labute approximate surface area is 109 Å². The van der Waals surface area contributed by atoms with Gasteiger partial charge in [0.2, 0.25) is 0 Å². The van der Waals surface area contributed by atoms with Crippen molar-refractivity contribution in [3.8, 4) is 0 Å². The van der Waals surface area contributed by atoms with Crippen molar-refractivity contribution in [1.82, 2.24) is 9.78 Å². The van der Waals surface area contributed by atoms with Gasteiger partial charge in [0.05, 0.1) is 11.7 Å². The number of alkyl halides is 1. The standard InChI is InChI=1S/C14H23ClN2/c1-3-13(4-2)17-9-8-12(16-17)10-11-6-5-7-14(11)15/h8-9,11,13-14H,3-7,10H2,1-2H3. The van der Waals surface area contributed by atoms with Crippen molar-refractivity contribution in [2.75, 3.05) is 0 Å². The van der Waals surface area contributed by atoms with E-state index in [0.717, 1.165) is 19.3 Å². The first-order valence-electron chi connectivity index (χ1n) is 6.92. The molecular formula is C14H23ClN2. The fourth-order valence-corrected chi connectivity index (χ4v) is 3.21. The second-order valence-corrected chi connectivity index (χ2v) is 5.73. The molecule has 0 bridgehead atoms. The number of halogens is 1. The van der Waals surface area contributed by atoms with Crippen LogP contribution in [0, 0.1) is 5.92 Å². The molecule has 2 rings (SSSR count). The van der Waals surface area contributed by atoms with Gasteiger partial charge in [-0.15, -0.1) is 11.6 Å². The first kappa shape index (κ1) is 12.9. The SMILES string of the molecule is CCC(CC)n1ccc(CC2CCCC2Cl)n1. The van der Waals surface area contributed by atoms with Crippen LogP contribution in [0.3, 0.4) is 0 Å². The average molecular weight is 255 g/mol. The molecule has 2 nitrogen and oxygen atoms in total. The Morgan fingerprint density at radius 3 is 2.76 bits per heavy atom. The normalized spacial score (nSPS) is 24.7. The van der Waals surface area contributed by atoms with Crippen molar-refractivity contribution in [2.24, 2.45) is 5.92 Å². The van der Waals surface area contributed by atoms with E-state index in [2.05, 4.69) is 30.8 Å². The Morgan fingerprint density at radius 1 is 1.41 bits per heavy atom. The van der Waals surface area contributed by atoms with E-state index in [1.54, 1.807) is 0 Å². The highest BCUT2D eigenvalue weighted by molar-refractivity contribution is 6.20. The van der Waals surface area contributed by atoms with E-state index in [9.17, 15) is 0 Å². The lowest BCUT2D eigenvalue weighted by Gasteiger charge is -2.13. The minimum atomic E-state index is 0.369. The molecule has 2 unspecified atom stereocenters. The average Bonchev–Trinajstić information content (AvgIpc) is 2.92. The predicted octanol–water partition coefficient (Wildman–Crippen LogP) is 4.19. The number of hydrogen-bond donors (Lipinski definition) is 0. The van der Waals surface area contributed by atoms with Gasteiger partial charge in [0.1, 0.15) is 0 Å². The molecule has 1 aliphatic carbocycles. The maximum absolute atomic E-state index is 6.32. The Hall–Kier alpha value is -0.500. The molecule has 2 atom stereocenters. The molecule has 0 amide bonds. The molecule has 0 aliphatic heterocycles. The molecular weight excluding hydrogens is 232 g/mol. The first-order valence-corrected chi connectivity index (χ1v) is 7.36. The third kappa shape index (κ3) is 3.04. The van der Waals surface area contributed by atoms with Crippen LogP contribution in [0.1, 0.15) is 57.7 Å². The fraction of sp³-hybridized carbons (Fsp3) is 0.786. The second-order valence-electron chi connectivity index (χ2n) is 5.17. The smallest absolute Gasteiger partial charge is 0.0628 e. The summed E-state index contributed by atoms with van der Waals surface area (Å²) in [6.07, 6.45) is 9.22. The zero-order valence-corrected chi connectivity index (χ0v) is 11.7. The lowest BCUT2D eigenvalue weighted by atomic mass is 10.0. The van der Waals surface area contributed by atoms with Crippen LogP contribution in [0.15, 0.2) is 12.3 Å². The molecule has 1 heterocycles. The Kier molecular flexibility index (Phi) is 4.49. The highest BCUT2D eigenvalue weighted by atomic mass is 35.5. The molecule has 0 saturated heterocycles. The number of aromatic nitrogens is 2. The highest BCUT2D eigenvalue weighted by Crippen LogP contribution is 2.32. The van der Waals surface area contributed by atoms with Gasteiger partial charge >= 0.3 is 0 Å². The van der Waals surface area contributed by atoms with E-state index in [-0.39, 0.29) is 0 Å². The second kappa shape index (κ2) is 5.90. The van der Waals surface area contributed by atoms with Gasteiger partial charge in [-0.3, -0.25) is 4.68 Å². The van der Waals surface area contributed by atoms with Crippen molar-refractivity contribution < 1.29 is 0 Å². The Balaban J connectivity index is 1.98. The number of hydrogen-bond acceptors (Lipinski definition) is 1. The summed E-state index contributed by atoms with van der Waals surface area (Å²) in [4.78, 5) is 0. The van der Waals surface area contributed by atoms with E-state index >= 15 is 0 Å². The van der Waals surface area contributed by atoms with Gasteiger partial charge in [-0.1, -0.05) is 20.3 Å². The highest BCUT2D eigenvalue weighted by Gasteiger charge is 2.26. The molecule has 1 fully saturated rings. The zero-order valence-electron chi connectivity index (χ0n) is 10.9. The van der Waals surface area contributed by atoms with Crippen molar-refractivity contribution in [3.63, 3.8) is 0 Å². The molecule has 0 aromatic carbocycles. The van der Waals surface area contributed by atoms with Gasteiger partial charge in [-0.05, 0) is 44.1 Å². The van der Waals surface area contributed by atoms with Gasteiger partial charge in [0.15, 0.2) is 0 Å². The molecule has 1 saturated carbocycles. The summed E-state index contributed by atoms with van der Waals surface area (Å²) in [5.41, 5.74) is 1.22. The van der Waals surface area contributed by atoms with E-state index < -0.39 is 0 Å². The van der Waals surface area contributed by atoms with Gasteiger partial charge in [-0.2, -0.15) is 5.10 Å². The largest absolute Gasteiger partial charge is 0.269 e. The molecule has 3 heteroatoms. The number of nitrogens with zero attached hydrogens (tertiary/aromatic N) is 2. The van der Waals surface area contributed by atoms with Crippen LogP contribution < -0.4 is 0 Å². The molecule has 0 spiro atoms. The van der Waals surface area contributed by atoms with Crippen LogP contribution in [-0.4, -0.2) is 15.2 Å². The van der Waals surface area contributed by atoms with Crippen LogP contribution in [-0.2, 0) is 6.42 Å². The van der Waals surface area contributed by atoms with Crippen molar-refractivity contribution in [2.45, 2.75) is 63.8 Å². The third-order valence-electron chi connectivity index (χ3n) is 4.02. The topological polar surface area (TPSA) is 17.8 Å². The van der Waals surface area contributed by atoms with Crippen molar-refractivity contribution in [3.05, 3.63) is 18.0 Å². The monoisotopic (exact) mass is 254 g/mol. The van der Waals surface area contributed by atoms with Crippen molar-refractivity contribution >= 4 is 11.6 Å². The van der Waals surface area contributed by atoms with Gasteiger partial charge in [0, 0.05) is 11.6 Å². The van der Waals surface area contributed by atoms with E-state index in [1.165, 1.54) is 25.0 Å². The predicted molar refractivity (Wildman–Crippen MR) is 72.5 cm³/mol. The molecule has 0 N–H and O–H groups in total. The summed E-state index contributed by atoms with van der Waals surface area (Å²) >= 11 is 6.32. The summed E-state index contributed by atoms with van der Waals surface area (Å²) in [6, 6.07) is 2.72. The molecule has 1 aromatic heterocycles. The van der Waals surface area contributed by atoms with Gasteiger partial charge < -0.3 is 0 Å². The van der Waals surface area contributed by atoms with E-state index in [4.69, 9.17) is 16.7 Å². The van der Waals surface area contributed by atoms with E-state index in [0.29, 0.717) is 17.3 Å². The maximum atomic E-state index is 6.32. The summed E-state index contributed by atoms with van der Waals surface area (Å²) in [5, 5.41) is 5.08. The number of rotatable bonds is 5. The first-order chi connectivity index (χ1) is 8.24. The third-order valence-corrected chi connectivity index (χ3v) is 4.59. The van der Waals surface area contributed by atoms with Crippen LogP contribution >= 0.6 is 11.6 Å². The van der Waals surface area contributed by atoms with Gasteiger partial charge in [-0.25, -0.2) is 0 Å². The lowest BCUT2D eigenvalue weighted by molar-refractivity contribution is 0.421. The maximum Gasteiger partial charge on any atom is 0.0628 e. The lowest BCUT2D eigenvalue weighted by Crippen LogP contribution is -2.12. The molecule has 0 radical (unpaired) electrons. The van der Waals surface area contributed by atoms with E-state index in [1.807, 2.05) is 0 Å². The van der Waals surface area contributed by atoms with Crippen LogP contribution in [0.4, 0.5) is 0 Å². The molecule has 1 aromatic rings. The van der Waals surface area contributed by atoms with Crippen molar-refractivity contribution in [1.29, 1.82) is 0 Å².